The highest BCUT2D eigenvalue weighted by Crippen LogP contribution is 2.37. The van der Waals surface area contributed by atoms with Crippen LogP contribution in [0.4, 0.5) is 0 Å². The maximum atomic E-state index is 12.8. The molecule has 0 aliphatic carbocycles. The largest absolute Gasteiger partial charge is 0.508 e. The van der Waals surface area contributed by atoms with E-state index in [1.165, 1.54) is 0 Å². The summed E-state index contributed by atoms with van der Waals surface area (Å²) in [5, 5.41) is 10.5. The van der Waals surface area contributed by atoms with Crippen LogP contribution in [0, 0.1) is 5.92 Å². The number of rotatable bonds is 6. The molecule has 0 saturated carbocycles. The highest BCUT2D eigenvalue weighted by Gasteiger charge is 2.28. The first-order chi connectivity index (χ1) is 14.6. The summed E-state index contributed by atoms with van der Waals surface area (Å²) in [6, 6.07) is 11.6. The Morgan fingerprint density at radius 2 is 1.83 bits per heavy atom. The van der Waals surface area contributed by atoms with Crippen LogP contribution in [0.1, 0.15) is 32.3 Å². The van der Waals surface area contributed by atoms with Gasteiger partial charge < -0.3 is 19.5 Å². The highest BCUT2D eigenvalue weighted by atomic mass is 16.7. The summed E-state index contributed by atoms with van der Waals surface area (Å²) in [7, 11) is 0. The van der Waals surface area contributed by atoms with E-state index >= 15 is 0 Å². The van der Waals surface area contributed by atoms with Crippen molar-refractivity contribution in [3.8, 4) is 28.4 Å². The zero-order valence-electron chi connectivity index (χ0n) is 17.8. The number of nitrogens with zero attached hydrogens (tertiary/aromatic N) is 2. The van der Waals surface area contributed by atoms with Gasteiger partial charge in [-0.25, -0.2) is 0 Å². The van der Waals surface area contributed by atoms with Gasteiger partial charge in [0.05, 0.1) is 5.92 Å². The van der Waals surface area contributed by atoms with E-state index in [9.17, 15) is 9.90 Å². The standard InChI is InChI=1S/C24H30N2O4/c1-3-26(4-2)24(28)19-6-5-11-25(14-19)15-20-12-17(7-9-21(20)27)18-8-10-22-23(13-18)30-16-29-22/h7-10,12-13,19,27H,3-6,11,14-16H2,1-2H3/t19-/m0/s1. The second-order valence-corrected chi connectivity index (χ2v) is 8.00. The van der Waals surface area contributed by atoms with E-state index in [1.807, 2.05) is 49.1 Å². The topological polar surface area (TPSA) is 62.2 Å². The predicted octanol–water partition coefficient (Wildman–Crippen LogP) is 3.87. The number of phenols is 1. The molecule has 0 aromatic heterocycles. The molecule has 1 fully saturated rings. The first kappa shape index (κ1) is 20.5. The van der Waals surface area contributed by atoms with Gasteiger partial charge in [0.25, 0.3) is 0 Å². The molecule has 1 atom stereocenters. The van der Waals surface area contributed by atoms with Crippen LogP contribution in [-0.4, -0.2) is 53.8 Å². The molecular formula is C24H30N2O4. The average Bonchev–Trinajstić information content (AvgIpc) is 3.24. The van der Waals surface area contributed by atoms with E-state index in [2.05, 4.69) is 4.90 Å². The molecule has 2 aromatic rings. The Bertz CT molecular complexity index is 910. The number of benzene rings is 2. The molecule has 6 nitrogen and oxygen atoms in total. The van der Waals surface area contributed by atoms with Crippen LogP contribution in [0.2, 0.25) is 0 Å². The zero-order chi connectivity index (χ0) is 21.1. The van der Waals surface area contributed by atoms with Crippen LogP contribution in [-0.2, 0) is 11.3 Å². The van der Waals surface area contributed by atoms with Crippen molar-refractivity contribution in [3.63, 3.8) is 0 Å². The van der Waals surface area contributed by atoms with Gasteiger partial charge in [-0.15, -0.1) is 0 Å². The third-order valence-corrected chi connectivity index (χ3v) is 6.11. The Kier molecular flexibility index (Phi) is 6.13. The minimum atomic E-state index is 0.0397. The lowest BCUT2D eigenvalue weighted by atomic mass is 9.95. The summed E-state index contributed by atoms with van der Waals surface area (Å²) >= 11 is 0. The Labute approximate surface area is 178 Å². The van der Waals surface area contributed by atoms with Gasteiger partial charge in [-0.05, 0) is 68.6 Å². The normalized spacial score (nSPS) is 18.4. The van der Waals surface area contributed by atoms with Crippen molar-refractivity contribution in [2.24, 2.45) is 5.92 Å². The number of hydrogen-bond donors (Lipinski definition) is 1. The summed E-state index contributed by atoms with van der Waals surface area (Å²) in [6.45, 7) is 8.13. The molecule has 0 radical (unpaired) electrons. The predicted molar refractivity (Wildman–Crippen MR) is 116 cm³/mol. The second kappa shape index (κ2) is 8.96. The van der Waals surface area contributed by atoms with Crippen LogP contribution in [0.3, 0.4) is 0 Å². The number of fused-ring (bicyclic) bond motifs is 1. The quantitative estimate of drug-likeness (QED) is 0.783. The number of carbonyl (C=O) groups is 1. The Morgan fingerprint density at radius 3 is 2.63 bits per heavy atom. The van der Waals surface area contributed by atoms with Crippen molar-refractivity contribution in [2.45, 2.75) is 33.2 Å². The van der Waals surface area contributed by atoms with E-state index in [1.54, 1.807) is 6.07 Å². The molecule has 1 N–H and O–H groups in total. The van der Waals surface area contributed by atoms with E-state index in [-0.39, 0.29) is 24.4 Å². The second-order valence-electron chi connectivity index (χ2n) is 8.00. The van der Waals surface area contributed by atoms with Crippen LogP contribution >= 0.6 is 0 Å². The van der Waals surface area contributed by atoms with E-state index in [0.29, 0.717) is 6.54 Å². The lowest BCUT2D eigenvalue weighted by Crippen LogP contribution is -2.44. The van der Waals surface area contributed by atoms with Gasteiger partial charge in [0.15, 0.2) is 11.5 Å². The van der Waals surface area contributed by atoms with Crippen molar-refractivity contribution in [3.05, 3.63) is 42.0 Å². The van der Waals surface area contributed by atoms with E-state index in [4.69, 9.17) is 9.47 Å². The van der Waals surface area contributed by atoms with Gasteiger partial charge >= 0.3 is 0 Å². The van der Waals surface area contributed by atoms with Crippen molar-refractivity contribution >= 4 is 5.91 Å². The number of carbonyl (C=O) groups excluding carboxylic acids is 1. The molecule has 0 bridgehead atoms. The fraction of sp³-hybridized carbons (Fsp3) is 0.458. The first-order valence-corrected chi connectivity index (χ1v) is 10.8. The average molecular weight is 411 g/mol. The number of phenolic OH excluding ortho intramolecular Hbond substituents is 1. The van der Waals surface area contributed by atoms with Crippen molar-refractivity contribution < 1.29 is 19.4 Å². The van der Waals surface area contributed by atoms with Crippen molar-refractivity contribution in [1.29, 1.82) is 0 Å². The monoisotopic (exact) mass is 410 g/mol. The third kappa shape index (κ3) is 4.24. The SMILES string of the molecule is CCN(CC)C(=O)[C@H]1CCCN(Cc2cc(-c3ccc4c(c3)OCO4)ccc2O)C1. The summed E-state index contributed by atoms with van der Waals surface area (Å²) in [5.74, 6) is 2.09. The number of aromatic hydroxyl groups is 1. The minimum absolute atomic E-state index is 0.0397. The maximum absolute atomic E-state index is 12.8. The summed E-state index contributed by atoms with van der Waals surface area (Å²) < 4.78 is 10.9. The fourth-order valence-electron chi connectivity index (χ4n) is 4.40. The van der Waals surface area contributed by atoms with Gasteiger partial charge in [-0.1, -0.05) is 12.1 Å². The van der Waals surface area contributed by atoms with Crippen LogP contribution in [0.5, 0.6) is 17.2 Å². The molecule has 1 amide bonds. The first-order valence-electron chi connectivity index (χ1n) is 10.8. The lowest BCUT2D eigenvalue weighted by molar-refractivity contribution is -0.137. The Hall–Kier alpha value is -2.73. The van der Waals surface area contributed by atoms with Gasteiger partial charge in [0.2, 0.25) is 12.7 Å². The number of hydrogen-bond acceptors (Lipinski definition) is 5. The lowest BCUT2D eigenvalue weighted by Gasteiger charge is -2.34. The number of piperidine rings is 1. The van der Waals surface area contributed by atoms with Crippen molar-refractivity contribution in [2.75, 3.05) is 33.0 Å². The molecule has 160 valence electrons. The van der Waals surface area contributed by atoms with Gasteiger partial charge in [0.1, 0.15) is 5.75 Å². The summed E-state index contributed by atoms with van der Waals surface area (Å²) in [4.78, 5) is 17.0. The van der Waals surface area contributed by atoms with Crippen LogP contribution in [0.25, 0.3) is 11.1 Å². The zero-order valence-corrected chi connectivity index (χ0v) is 17.8. The summed E-state index contributed by atoms with van der Waals surface area (Å²) in [5.41, 5.74) is 2.92. The Balaban J connectivity index is 1.49. The summed E-state index contributed by atoms with van der Waals surface area (Å²) in [6.07, 6.45) is 1.94. The van der Waals surface area contributed by atoms with Gasteiger partial charge in [-0.2, -0.15) is 0 Å². The van der Waals surface area contributed by atoms with Gasteiger partial charge in [0, 0.05) is 31.7 Å². The number of ether oxygens (including phenoxy) is 2. The van der Waals surface area contributed by atoms with Crippen LogP contribution in [0.15, 0.2) is 36.4 Å². The Morgan fingerprint density at radius 1 is 1.10 bits per heavy atom. The molecule has 30 heavy (non-hydrogen) atoms. The molecule has 4 rings (SSSR count). The smallest absolute Gasteiger partial charge is 0.231 e. The molecule has 1 saturated heterocycles. The molecule has 6 heteroatoms. The number of likely N-dealkylation sites (tertiary alicyclic amines) is 1. The van der Waals surface area contributed by atoms with E-state index in [0.717, 1.165) is 67.2 Å². The maximum Gasteiger partial charge on any atom is 0.231 e. The minimum Gasteiger partial charge on any atom is -0.508 e. The van der Waals surface area contributed by atoms with Crippen molar-refractivity contribution in [1.82, 2.24) is 9.80 Å². The third-order valence-electron chi connectivity index (χ3n) is 6.11. The molecule has 2 aliphatic heterocycles. The number of amides is 1. The highest BCUT2D eigenvalue weighted by molar-refractivity contribution is 5.79. The van der Waals surface area contributed by atoms with Gasteiger partial charge in [-0.3, -0.25) is 9.69 Å². The molecular weight excluding hydrogens is 380 g/mol. The molecule has 2 aliphatic rings. The molecule has 2 aromatic carbocycles. The molecule has 2 heterocycles. The van der Waals surface area contributed by atoms with Crippen LogP contribution < -0.4 is 9.47 Å². The molecule has 0 spiro atoms. The van der Waals surface area contributed by atoms with E-state index < -0.39 is 0 Å². The molecule has 0 unspecified atom stereocenters. The fourth-order valence-corrected chi connectivity index (χ4v) is 4.40.